The molecular formula is C53H64FN9O11S. The number of aryl methyl sites for hydroxylation is 1. The third-order valence-corrected chi connectivity index (χ3v) is 13.9. The Morgan fingerprint density at radius 1 is 0.960 bits per heavy atom. The van der Waals surface area contributed by atoms with E-state index >= 15 is 0 Å². The number of fused-ring (bicyclic) bond motifs is 5. The first-order valence-electron chi connectivity index (χ1n) is 24.9. The van der Waals surface area contributed by atoms with Gasteiger partial charge in [0.15, 0.2) is 5.60 Å². The summed E-state index contributed by atoms with van der Waals surface area (Å²) in [5.41, 5.74) is 0.569. The first-order valence-corrected chi connectivity index (χ1v) is 26.8. The molecule has 400 valence electrons. The summed E-state index contributed by atoms with van der Waals surface area (Å²) in [6.45, 7) is 12.3. The molecule has 5 N–H and O–H groups in total. The van der Waals surface area contributed by atoms with E-state index < -0.39 is 69.1 Å². The van der Waals surface area contributed by atoms with E-state index in [1.807, 2.05) is 0 Å². The SMILES string of the molecule is CCN(CC)CCCC[C@H](NC(=O)[C@@H](NC(=O)CCCC#Cc1cnc(S(C)(=O)=O)nc1)C(C)C)C(=O)NCC(=O)NCOCC#Cc1c2c(nc3cc(F)c(C)cc13)-c1cc3c(c(=O)n1C2)COC(=O)[C@]3(O)CC. The van der Waals surface area contributed by atoms with Crippen LogP contribution in [0.1, 0.15) is 113 Å². The fraction of sp³-hybridized carbons (Fsp3) is 0.491. The molecule has 22 heteroatoms. The summed E-state index contributed by atoms with van der Waals surface area (Å²) < 4.78 is 50.4. The molecule has 3 atom stereocenters. The van der Waals surface area contributed by atoms with Gasteiger partial charge in [-0.1, -0.05) is 58.3 Å². The van der Waals surface area contributed by atoms with E-state index in [0.717, 1.165) is 32.3 Å². The predicted molar refractivity (Wildman–Crippen MR) is 274 cm³/mol. The standard InChI is InChI=1S/C53H64FN9O11S/c1-8-53(70)39-24-43-47-37(29-63(43)50(68)38(39)30-74-51(53)69)35(36-23-33(6)40(54)25-42(36)59-47)18-16-22-73-31-58-45(65)28-55-48(66)41(19-14-15-21-62(9-2)10-3)60-49(67)46(32(4)5)61-44(64)20-13-11-12-17-34-26-56-52(57-27-34)75(7,71)72/h23-27,32,41,46,70H,8-11,13-15,19-22,28-31H2,1-7H3,(H,55,66)(H,58,65)(H,60,67)(H,61,64)/t41-,46-,53-/m0/s1. The van der Waals surface area contributed by atoms with Gasteiger partial charge < -0.3 is 45.3 Å². The van der Waals surface area contributed by atoms with Crippen molar-refractivity contribution < 1.29 is 51.4 Å². The van der Waals surface area contributed by atoms with Crippen molar-refractivity contribution in [2.75, 3.05) is 45.8 Å². The van der Waals surface area contributed by atoms with Gasteiger partial charge in [0.25, 0.3) is 5.56 Å². The maximum Gasteiger partial charge on any atom is 0.343 e. The molecule has 2 aliphatic heterocycles. The van der Waals surface area contributed by atoms with Gasteiger partial charge in [0.1, 0.15) is 37.8 Å². The van der Waals surface area contributed by atoms with Crippen LogP contribution >= 0.6 is 0 Å². The molecule has 75 heavy (non-hydrogen) atoms. The number of hydrogen-bond acceptors (Lipinski definition) is 15. The van der Waals surface area contributed by atoms with E-state index in [4.69, 9.17) is 14.5 Å². The van der Waals surface area contributed by atoms with Crippen molar-refractivity contribution in [3.8, 4) is 35.1 Å². The number of aromatic nitrogens is 4. The molecule has 5 heterocycles. The summed E-state index contributed by atoms with van der Waals surface area (Å²) in [5, 5.41) is 22.3. The Morgan fingerprint density at radius 2 is 1.69 bits per heavy atom. The molecule has 0 unspecified atom stereocenters. The zero-order valence-electron chi connectivity index (χ0n) is 43.3. The number of rotatable bonds is 22. The summed E-state index contributed by atoms with van der Waals surface area (Å²) in [7, 11) is -3.54. The van der Waals surface area contributed by atoms with Crippen LogP contribution in [0.25, 0.3) is 22.3 Å². The topological polar surface area (TPSA) is 270 Å². The lowest BCUT2D eigenvalue weighted by molar-refractivity contribution is -0.172. The molecule has 4 aromatic rings. The summed E-state index contributed by atoms with van der Waals surface area (Å²) in [5.74, 6) is 7.97. The first kappa shape index (κ1) is 57.2. The molecule has 20 nitrogen and oxygen atoms in total. The van der Waals surface area contributed by atoms with Crippen molar-refractivity contribution in [3.05, 3.63) is 80.1 Å². The van der Waals surface area contributed by atoms with Gasteiger partial charge in [0, 0.05) is 59.6 Å². The van der Waals surface area contributed by atoms with E-state index in [1.165, 1.54) is 23.0 Å². The molecular weight excluding hydrogens is 990 g/mol. The zero-order valence-corrected chi connectivity index (χ0v) is 44.1. The Kier molecular flexibility index (Phi) is 19.4. The number of aliphatic hydroxyl groups is 1. The number of sulfone groups is 1. The van der Waals surface area contributed by atoms with Crippen LogP contribution < -0.4 is 26.8 Å². The molecule has 0 saturated carbocycles. The number of esters is 1. The highest BCUT2D eigenvalue weighted by Gasteiger charge is 2.45. The summed E-state index contributed by atoms with van der Waals surface area (Å²) in [6, 6.07) is 2.48. The minimum atomic E-state index is -3.54. The number of halogens is 1. The van der Waals surface area contributed by atoms with Crippen LogP contribution in [0.2, 0.25) is 0 Å². The Labute approximate surface area is 435 Å². The summed E-state index contributed by atoms with van der Waals surface area (Å²) in [6.07, 6.45) is 5.97. The van der Waals surface area contributed by atoms with Crippen LogP contribution in [0, 0.1) is 42.3 Å². The lowest BCUT2D eigenvalue weighted by Crippen LogP contribution is -2.56. The second-order valence-corrected chi connectivity index (χ2v) is 20.6. The van der Waals surface area contributed by atoms with Crippen LogP contribution in [-0.2, 0) is 62.0 Å². The highest BCUT2D eigenvalue weighted by Crippen LogP contribution is 2.40. The highest BCUT2D eigenvalue weighted by atomic mass is 32.2. The number of benzene rings is 1. The van der Waals surface area contributed by atoms with Gasteiger partial charge in [-0.2, -0.15) is 0 Å². The van der Waals surface area contributed by atoms with Crippen LogP contribution in [0.4, 0.5) is 4.39 Å². The molecule has 0 bridgehead atoms. The molecule has 4 amide bonds. The van der Waals surface area contributed by atoms with Crippen LogP contribution in [-0.4, -0.2) is 125 Å². The average Bonchev–Trinajstić information content (AvgIpc) is 3.74. The van der Waals surface area contributed by atoms with Crippen molar-refractivity contribution in [2.24, 2.45) is 5.92 Å². The third-order valence-electron chi connectivity index (χ3n) is 13.1. The van der Waals surface area contributed by atoms with Crippen molar-refractivity contribution in [2.45, 2.75) is 122 Å². The number of unbranched alkanes of at least 4 members (excludes halogenated alkanes) is 2. The second kappa shape index (κ2) is 25.4. The highest BCUT2D eigenvalue weighted by molar-refractivity contribution is 7.90. The molecule has 3 aromatic heterocycles. The number of pyridine rings is 2. The summed E-state index contributed by atoms with van der Waals surface area (Å²) >= 11 is 0. The van der Waals surface area contributed by atoms with Crippen LogP contribution in [0.15, 0.2) is 40.5 Å². The monoisotopic (exact) mass is 1050 g/mol. The number of carbonyl (C=O) groups excluding carboxylic acids is 5. The molecule has 0 fully saturated rings. The van der Waals surface area contributed by atoms with Gasteiger partial charge >= 0.3 is 5.97 Å². The minimum Gasteiger partial charge on any atom is -0.458 e. The Balaban J connectivity index is 1.04. The Hall–Kier alpha value is -7.11. The number of hydrogen-bond donors (Lipinski definition) is 5. The largest absolute Gasteiger partial charge is 0.458 e. The molecule has 2 aliphatic rings. The van der Waals surface area contributed by atoms with Gasteiger partial charge in [-0.25, -0.2) is 32.6 Å². The third kappa shape index (κ3) is 14.0. The number of cyclic esters (lactones) is 1. The van der Waals surface area contributed by atoms with Gasteiger partial charge in [0.2, 0.25) is 38.6 Å². The lowest BCUT2D eigenvalue weighted by Gasteiger charge is -2.31. The number of ether oxygens (including phenoxy) is 2. The Bertz CT molecular complexity index is 3140. The van der Waals surface area contributed by atoms with Crippen molar-refractivity contribution >= 4 is 50.3 Å². The maximum atomic E-state index is 14.9. The Morgan fingerprint density at radius 3 is 2.37 bits per heavy atom. The van der Waals surface area contributed by atoms with E-state index in [2.05, 4.69) is 73.7 Å². The molecule has 1 aromatic carbocycles. The van der Waals surface area contributed by atoms with Crippen molar-refractivity contribution in [1.82, 2.24) is 45.7 Å². The zero-order chi connectivity index (χ0) is 54.6. The fourth-order valence-corrected chi connectivity index (χ4v) is 9.16. The normalized spacial score (nSPS) is 15.3. The second-order valence-electron chi connectivity index (χ2n) is 18.7. The quantitative estimate of drug-likeness (QED) is 0.0219. The van der Waals surface area contributed by atoms with Crippen LogP contribution in [0.5, 0.6) is 0 Å². The number of nitrogens with zero attached hydrogens (tertiary/aromatic N) is 5. The maximum absolute atomic E-state index is 14.9. The van der Waals surface area contributed by atoms with Gasteiger partial charge in [0.05, 0.1) is 41.1 Å². The van der Waals surface area contributed by atoms with E-state index in [9.17, 15) is 46.7 Å². The predicted octanol–water partition coefficient (Wildman–Crippen LogP) is 2.64. The molecule has 0 radical (unpaired) electrons. The van der Waals surface area contributed by atoms with Gasteiger partial charge in [-0.05, 0) is 82.3 Å². The van der Waals surface area contributed by atoms with Gasteiger partial charge in [-0.15, -0.1) is 0 Å². The van der Waals surface area contributed by atoms with Crippen molar-refractivity contribution in [3.63, 3.8) is 0 Å². The van der Waals surface area contributed by atoms with Crippen molar-refractivity contribution in [1.29, 1.82) is 0 Å². The number of amides is 4. The molecule has 6 rings (SSSR count). The van der Waals surface area contributed by atoms with Crippen LogP contribution in [0.3, 0.4) is 0 Å². The lowest BCUT2D eigenvalue weighted by atomic mass is 9.86. The first-order chi connectivity index (χ1) is 35.7. The number of carbonyl (C=O) groups is 5. The van der Waals surface area contributed by atoms with E-state index in [1.54, 1.807) is 39.8 Å². The minimum absolute atomic E-state index is 0.0339. The van der Waals surface area contributed by atoms with Gasteiger partial charge in [-0.3, -0.25) is 24.0 Å². The molecule has 0 spiro atoms. The molecule has 0 saturated heterocycles. The molecule has 0 aliphatic carbocycles. The van der Waals surface area contributed by atoms with E-state index in [-0.39, 0.29) is 79.4 Å². The summed E-state index contributed by atoms with van der Waals surface area (Å²) in [4.78, 5) is 94.3. The van der Waals surface area contributed by atoms with E-state index in [0.29, 0.717) is 58.3 Å². The smallest absolute Gasteiger partial charge is 0.343 e. The number of nitrogens with one attached hydrogen (secondary N) is 4. The average molecular weight is 1050 g/mol. The fourth-order valence-electron chi connectivity index (χ4n) is 8.67.